The number of carbonyl (C=O) groups is 3. The van der Waals surface area contributed by atoms with E-state index in [4.69, 9.17) is 4.74 Å². The second-order valence-corrected chi connectivity index (χ2v) is 6.90. The van der Waals surface area contributed by atoms with Gasteiger partial charge in [0.15, 0.2) is 6.10 Å². The molecule has 0 aliphatic rings. The van der Waals surface area contributed by atoms with Gasteiger partial charge in [-0.1, -0.05) is 45.9 Å². The van der Waals surface area contributed by atoms with Crippen LogP contribution in [-0.4, -0.2) is 36.6 Å². The number of hydrogen-bond donors (Lipinski definition) is 3. The average Bonchev–Trinajstić information content (AvgIpc) is 2.57. The van der Waals surface area contributed by atoms with E-state index in [1.165, 1.54) is 6.92 Å². The predicted octanol–water partition coefficient (Wildman–Crippen LogP) is 2.54. The van der Waals surface area contributed by atoms with Gasteiger partial charge in [-0.2, -0.15) is 0 Å². The fraction of sp³-hybridized carbons (Fsp3) is 0.526. The Morgan fingerprint density at radius 3 is 2.15 bits per heavy atom. The van der Waals surface area contributed by atoms with Gasteiger partial charge in [-0.25, -0.2) is 9.59 Å². The van der Waals surface area contributed by atoms with Gasteiger partial charge in [0, 0.05) is 12.2 Å². The van der Waals surface area contributed by atoms with Crippen molar-refractivity contribution < 1.29 is 19.1 Å². The lowest BCUT2D eigenvalue weighted by molar-refractivity contribution is -0.157. The molecule has 144 valence electrons. The molecule has 0 radical (unpaired) electrons. The van der Waals surface area contributed by atoms with E-state index in [1.54, 1.807) is 38.1 Å². The van der Waals surface area contributed by atoms with E-state index in [0.717, 1.165) is 0 Å². The predicted molar refractivity (Wildman–Crippen MR) is 101 cm³/mol. The van der Waals surface area contributed by atoms with Crippen LogP contribution >= 0.6 is 0 Å². The third-order valence-corrected chi connectivity index (χ3v) is 3.59. The summed E-state index contributed by atoms with van der Waals surface area (Å²) >= 11 is 0. The second-order valence-electron chi connectivity index (χ2n) is 6.90. The maximum atomic E-state index is 12.4. The number of ether oxygens (including phenoxy) is 1. The van der Waals surface area contributed by atoms with Crippen molar-refractivity contribution >= 4 is 23.6 Å². The quantitative estimate of drug-likeness (QED) is 0.618. The standard InChI is InChI=1S/C19H29N3O4/c1-12(2)11-20-17(23)14(5)26-18(24)16(13(3)4)22-19(25)21-15-9-7-6-8-10-15/h6-10,12-14,16H,11H2,1-5H3,(H,20,23)(H2,21,22,25)/t14-,16-/m1/s1. The van der Waals surface area contributed by atoms with Gasteiger partial charge in [0.1, 0.15) is 6.04 Å². The fourth-order valence-corrected chi connectivity index (χ4v) is 2.08. The highest BCUT2D eigenvalue weighted by Gasteiger charge is 2.29. The molecule has 1 aromatic rings. The van der Waals surface area contributed by atoms with Crippen molar-refractivity contribution in [3.63, 3.8) is 0 Å². The van der Waals surface area contributed by atoms with Crippen molar-refractivity contribution in [1.82, 2.24) is 10.6 Å². The fourth-order valence-electron chi connectivity index (χ4n) is 2.08. The van der Waals surface area contributed by atoms with Crippen LogP contribution in [0.1, 0.15) is 34.6 Å². The Morgan fingerprint density at radius 1 is 1.00 bits per heavy atom. The molecule has 0 unspecified atom stereocenters. The van der Waals surface area contributed by atoms with Gasteiger partial charge < -0.3 is 20.7 Å². The zero-order valence-electron chi connectivity index (χ0n) is 16.0. The van der Waals surface area contributed by atoms with Crippen LogP contribution in [0.25, 0.3) is 0 Å². The number of amides is 3. The van der Waals surface area contributed by atoms with Gasteiger partial charge in [-0.05, 0) is 30.9 Å². The molecule has 0 saturated heterocycles. The van der Waals surface area contributed by atoms with Crippen LogP contribution in [0, 0.1) is 11.8 Å². The Morgan fingerprint density at radius 2 is 1.62 bits per heavy atom. The summed E-state index contributed by atoms with van der Waals surface area (Å²) in [6.07, 6.45) is -0.929. The van der Waals surface area contributed by atoms with Crippen LogP contribution < -0.4 is 16.0 Å². The summed E-state index contributed by atoms with van der Waals surface area (Å²) in [7, 11) is 0. The minimum absolute atomic E-state index is 0.199. The smallest absolute Gasteiger partial charge is 0.329 e. The summed E-state index contributed by atoms with van der Waals surface area (Å²) < 4.78 is 5.23. The number of para-hydroxylation sites is 1. The number of rotatable bonds is 8. The Bertz CT molecular complexity index is 602. The number of benzene rings is 1. The first-order valence-corrected chi connectivity index (χ1v) is 8.81. The molecule has 0 spiro atoms. The summed E-state index contributed by atoms with van der Waals surface area (Å²) in [5.41, 5.74) is 0.613. The molecule has 0 saturated carbocycles. The normalized spacial score (nSPS) is 13.0. The van der Waals surface area contributed by atoms with Crippen molar-refractivity contribution in [1.29, 1.82) is 0 Å². The molecule has 3 N–H and O–H groups in total. The molecule has 0 aromatic heterocycles. The molecule has 7 heteroatoms. The molecule has 2 atom stereocenters. The van der Waals surface area contributed by atoms with E-state index in [9.17, 15) is 14.4 Å². The van der Waals surface area contributed by atoms with Gasteiger partial charge in [-0.3, -0.25) is 4.79 Å². The van der Waals surface area contributed by atoms with Crippen molar-refractivity contribution in [2.75, 3.05) is 11.9 Å². The Kier molecular flexibility index (Phi) is 8.61. The third-order valence-electron chi connectivity index (χ3n) is 3.59. The summed E-state index contributed by atoms with van der Waals surface area (Å²) in [5.74, 6) is -0.901. The first-order chi connectivity index (χ1) is 12.2. The Labute approximate surface area is 154 Å². The van der Waals surface area contributed by atoms with Crippen LogP contribution in [-0.2, 0) is 14.3 Å². The van der Waals surface area contributed by atoms with Crippen LogP contribution in [0.3, 0.4) is 0 Å². The second kappa shape index (κ2) is 10.4. The van der Waals surface area contributed by atoms with E-state index in [2.05, 4.69) is 16.0 Å². The lowest BCUT2D eigenvalue weighted by atomic mass is 10.0. The maximum absolute atomic E-state index is 12.4. The molecule has 0 aliphatic heterocycles. The first-order valence-electron chi connectivity index (χ1n) is 8.81. The number of carbonyl (C=O) groups excluding carboxylic acids is 3. The average molecular weight is 363 g/mol. The lowest BCUT2D eigenvalue weighted by Gasteiger charge is -2.23. The number of urea groups is 1. The molecular formula is C19H29N3O4. The van der Waals surface area contributed by atoms with Crippen LogP contribution in [0.5, 0.6) is 0 Å². The Balaban J connectivity index is 2.60. The van der Waals surface area contributed by atoms with E-state index in [0.29, 0.717) is 18.2 Å². The van der Waals surface area contributed by atoms with Crippen molar-refractivity contribution in [2.24, 2.45) is 11.8 Å². The molecule has 0 bridgehead atoms. The highest BCUT2D eigenvalue weighted by atomic mass is 16.5. The molecular weight excluding hydrogens is 334 g/mol. The largest absolute Gasteiger partial charge is 0.451 e. The molecule has 1 aromatic carbocycles. The van der Waals surface area contributed by atoms with Crippen molar-refractivity contribution in [2.45, 2.75) is 46.8 Å². The van der Waals surface area contributed by atoms with Gasteiger partial charge in [0.2, 0.25) is 0 Å². The molecule has 3 amide bonds. The zero-order valence-corrected chi connectivity index (χ0v) is 16.0. The number of anilines is 1. The van der Waals surface area contributed by atoms with Crippen LogP contribution in [0.4, 0.5) is 10.5 Å². The number of nitrogens with one attached hydrogen (secondary N) is 3. The summed E-state index contributed by atoms with van der Waals surface area (Å²) in [6.45, 7) is 9.54. The van der Waals surface area contributed by atoms with E-state index in [1.807, 2.05) is 19.9 Å². The Hall–Kier alpha value is -2.57. The minimum atomic E-state index is -0.929. The molecule has 1 rings (SSSR count). The van der Waals surface area contributed by atoms with Gasteiger partial charge in [0.25, 0.3) is 5.91 Å². The molecule has 0 heterocycles. The van der Waals surface area contributed by atoms with Gasteiger partial charge in [-0.15, -0.1) is 0 Å². The number of hydrogen-bond acceptors (Lipinski definition) is 4. The third kappa shape index (κ3) is 7.55. The highest BCUT2D eigenvalue weighted by molar-refractivity contribution is 5.93. The summed E-state index contributed by atoms with van der Waals surface area (Å²) in [4.78, 5) is 36.5. The van der Waals surface area contributed by atoms with Crippen molar-refractivity contribution in [3.8, 4) is 0 Å². The van der Waals surface area contributed by atoms with Crippen molar-refractivity contribution in [3.05, 3.63) is 30.3 Å². The maximum Gasteiger partial charge on any atom is 0.329 e. The highest BCUT2D eigenvalue weighted by Crippen LogP contribution is 2.09. The minimum Gasteiger partial charge on any atom is -0.451 e. The summed E-state index contributed by atoms with van der Waals surface area (Å²) in [6, 6.07) is 7.53. The molecule has 7 nitrogen and oxygen atoms in total. The molecule has 26 heavy (non-hydrogen) atoms. The monoisotopic (exact) mass is 363 g/mol. The number of esters is 1. The lowest BCUT2D eigenvalue weighted by Crippen LogP contribution is -2.49. The van der Waals surface area contributed by atoms with E-state index >= 15 is 0 Å². The van der Waals surface area contributed by atoms with Gasteiger partial charge >= 0.3 is 12.0 Å². The molecule has 0 aliphatic carbocycles. The van der Waals surface area contributed by atoms with Crippen LogP contribution in [0.2, 0.25) is 0 Å². The first kappa shape index (κ1) is 21.5. The van der Waals surface area contributed by atoms with Crippen LogP contribution in [0.15, 0.2) is 30.3 Å². The topological polar surface area (TPSA) is 96.5 Å². The molecule has 0 fully saturated rings. The summed E-state index contributed by atoms with van der Waals surface area (Å²) in [5, 5.41) is 7.97. The SMILES string of the molecule is CC(C)CNC(=O)[C@@H](C)OC(=O)[C@H](NC(=O)Nc1ccccc1)C(C)C. The van der Waals surface area contributed by atoms with E-state index in [-0.39, 0.29) is 11.8 Å². The zero-order chi connectivity index (χ0) is 19.7. The van der Waals surface area contributed by atoms with Gasteiger partial charge in [0.05, 0.1) is 0 Å². The van der Waals surface area contributed by atoms with E-state index < -0.39 is 24.1 Å².